The number of nitrogens with zero attached hydrogens (tertiary/aromatic N) is 4. The lowest BCUT2D eigenvalue weighted by molar-refractivity contribution is 0.781. The van der Waals surface area contributed by atoms with E-state index in [0.717, 1.165) is 17.1 Å². The van der Waals surface area contributed by atoms with Crippen molar-refractivity contribution in [3.8, 4) is 5.69 Å². The number of hydrogen-bond donors (Lipinski definition) is 1. The molecule has 0 fully saturated rings. The number of para-hydroxylation sites is 1. The Morgan fingerprint density at radius 1 is 1.19 bits per heavy atom. The van der Waals surface area contributed by atoms with Crippen LogP contribution in [0.1, 0.15) is 18.7 Å². The number of benzene rings is 1. The molecule has 0 bridgehead atoms. The lowest BCUT2D eigenvalue weighted by atomic mass is 10.2. The van der Waals surface area contributed by atoms with E-state index >= 15 is 0 Å². The number of rotatable bonds is 4. The number of aromatic nitrogens is 4. The zero-order valence-electron chi connectivity index (χ0n) is 11.4. The molecule has 1 unspecified atom stereocenters. The van der Waals surface area contributed by atoms with Crippen LogP contribution in [0.5, 0.6) is 0 Å². The Morgan fingerprint density at radius 2 is 2.00 bits per heavy atom. The molecular formula is C15H14ClN5. The molecule has 3 aromatic rings. The SMILES string of the molecule is CC(Nc1ccnc(Cl)c1)c1cn(-c2ccccc2)nn1. The van der Waals surface area contributed by atoms with Gasteiger partial charge in [0.2, 0.25) is 0 Å². The van der Waals surface area contributed by atoms with Gasteiger partial charge in [0, 0.05) is 11.9 Å². The van der Waals surface area contributed by atoms with Gasteiger partial charge in [0.25, 0.3) is 0 Å². The normalized spacial score (nSPS) is 12.1. The molecule has 1 aromatic carbocycles. The third kappa shape index (κ3) is 3.20. The highest BCUT2D eigenvalue weighted by atomic mass is 35.5. The van der Waals surface area contributed by atoms with Crippen LogP contribution in [0.15, 0.2) is 54.9 Å². The summed E-state index contributed by atoms with van der Waals surface area (Å²) < 4.78 is 1.76. The second-order valence-electron chi connectivity index (χ2n) is 4.66. The Bertz CT molecular complexity index is 726. The lowest BCUT2D eigenvalue weighted by Gasteiger charge is -2.12. The first-order valence-electron chi connectivity index (χ1n) is 6.58. The highest BCUT2D eigenvalue weighted by Crippen LogP contribution is 2.19. The quantitative estimate of drug-likeness (QED) is 0.749. The Labute approximate surface area is 127 Å². The van der Waals surface area contributed by atoms with Gasteiger partial charge in [-0.3, -0.25) is 0 Å². The summed E-state index contributed by atoms with van der Waals surface area (Å²) in [6.45, 7) is 2.02. The van der Waals surface area contributed by atoms with Crippen LogP contribution in [0.2, 0.25) is 5.15 Å². The standard InChI is InChI=1S/C15H14ClN5/c1-11(18-12-7-8-17-15(16)9-12)14-10-21(20-19-14)13-5-3-2-4-6-13/h2-11H,1H3,(H,17,18). The van der Waals surface area contributed by atoms with Gasteiger partial charge in [-0.05, 0) is 31.2 Å². The van der Waals surface area contributed by atoms with Gasteiger partial charge in [-0.2, -0.15) is 0 Å². The van der Waals surface area contributed by atoms with Gasteiger partial charge in [0.05, 0.1) is 17.9 Å². The molecule has 0 aliphatic carbocycles. The molecule has 106 valence electrons. The van der Waals surface area contributed by atoms with E-state index in [1.165, 1.54) is 0 Å². The largest absolute Gasteiger partial charge is 0.377 e. The maximum atomic E-state index is 5.88. The van der Waals surface area contributed by atoms with Crippen molar-refractivity contribution in [2.75, 3.05) is 5.32 Å². The van der Waals surface area contributed by atoms with Crippen LogP contribution in [0.4, 0.5) is 5.69 Å². The predicted octanol–water partition coefficient (Wildman–Crippen LogP) is 3.49. The third-order valence-corrected chi connectivity index (χ3v) is 3.29. The number of anilines is 1. The van der Waals surface area contributed by atoms with Crippen molar-refractivity contribution in [2.45, 2.75) is 13.0 Å². The maximum absolute atomic E-state index is 5.88. The summed E-state index contributed by atoms with van der Waals surface area (Å²) in [7, 11) is 0. The lowest BCUT2D eigenvalue weighted by Crippen LogP contribution is -2.07. The van der Waals surface area contributed by atoms with Crippen LogP contribution in [0, 0.1) is 0 Å². The van der Waals surface area contributed by atoms with Gasteiger partial charge < -0.3 is 5.32 Å². The summed E-state index contributed by atoms with van der Waals surface area (Å²) in [5.74, 6) is 0. The van der Waals surface area contributed by atoms with E-state index in [1.54, 1.807) is 16.9 Å². The van der Waals surface area contributed by atoms with Crippen molar-refractivity contribution < 1.29 is 0 Å². The van der Waals surface area contributed by atoms with E-state index in [0.29, 0.717) is 5.15 Å². The molecule has 2 aromatic heterocycles. The molecule has 0 amide bonds. The first-order valence-corrected chi connectivity index (χ1v) is 6.96. The van der Waals surface area contributed by atoms with Gasteiger partial charge in [-0.15, -0.1) is 5.10 Å². The number of hydrogen-bond acceptors (Lipinski definition) is 4. The molecule has 5 nitrogen and oxygen atoms in total. The second kappa shape index (κ2) is 5.93. The van der Waals surface area contributed by atoms with E-state index in [1.807, 2.05) is 49.5 Å². The summed E-state index contributed by atoms with van der Waals surface area (Å²) in [6.07, 6.45) is 3.58. The topological polar surface area (TPSA) is 55.6 Å². The zero-order valence-corrected chi connectivity index (χ0v) is 12.2. The summed E-state index contributed by atoms with van der Waals surface area (Å²) in [5, 5.41) is 12.1. The van der Waals surface area contributed by atoms with Gasteiger partial charge in [-0.25, -0.2) is 9.67 Å². The van der Waals surface area contributed by atoms with Crippen LogP contribution in [0.25, 0.3) is 5.69 Å². The molecule has 3 rings (SSSR count). The monoisotopic (exact) mass is 299 g/mol. The molecular weight excluding hydrogens is 286 g/mol. The zero-order chi connectivity index (χ0) is 14.7. The van der Waals surface area contributed by atoms with Crippen LogP contribution in [-0.4, -0.2) is 20.0 Å². The molecule has 0 radical (unpaired) electrons. The van der Waals surface area contributed by atoms with E-state index in [4.69, 9.17) is 11.6 Å². The Morgan fingerprint density at radius 3 is 2.76 bits per heavy atom. The minimum Gasteiger partial charge on any atom is -0.377 e. The Balaban J connectivity index is 1.77. The van der Waals surface area contributed by atoms with Gasteiger partial charge in [-0.1, -0.05) is 35.0 Å². The Kier molecular flexibility index (Phi) is 3.83. The molecule has 0 aliphatic rings. The fourth-order valence-electron chi connectivity index (χ4n) is 2.00. The molecule has 0 saturated carbocycles. The maximum Gasteiger partial charge on any atom is 0.131 e. The van der Waals surface area contributed by atoms with Crippen molar-refractivity contribution in [1.82, 2.24) is 20.0 Å². The van der Waals surface area contributed by atoms with E-state index in [9.17, 15) is 0 Å². The van der Waals surface area contributed by atoms with Crippen LogP contribution in [0.3, 0.4) is 0 Å². The summed E-state index contributed by atoms with van der Waals surface area (Å²) in [4.78, 5) is 3.96. The second-order valence-corrected chi connectivity index (χ2v) is 5.04. The van der Waals surface area contributed by atoms with Gasteiger partial charge in [0.15, 0.2) is 0 Å². The average Bonchev–Trinajstić information content (AvgIpc) is 2.98. The molecule has 1 atom stereocenters. The van der Waals surface area contributed by atoms with Crippen molar-refractivity contribution >= 4 is 17.3 Å². The highest BCUT2D eigenvalue weighted by molar-refractivity contribution is 6.29. The molecule has 2 heterocycles. The highest BCUT2D eigenvalue weighted by Gasteiger charge is 2.11. The van der Waals surface area contributed by atoms with Gasteiger partial charge >= 0.3 is 0 Å². The average molecular weight is 300 g/mol. The first kappa shape index (κ1) is 13.6. The van der Waals surface area contributed by atoms with Gasteiger partial charge in [0.1, 0.15) is 10.8 Å². The number of pyridine rings is 1. The van der Waals surface area contributed by atoms with Crippen molar-refractivity contribution in [3.63, 3.8) is 0 Å². The third-order valence-electron chi connectivity index (χ3n) is 3.09. The molecule has 0 spiro atoms. The smallest absolute Gasteiger partial charge is 0.131 e. The summed E-state index contributed by atoms with van der Waals surface area (Å²) in [6, 6.07) is 13.5. The molecule has 1 N–H and O–H groups in total. The van der Waals surface area contributed by atoms with Crippen molar-refractivity contribution in [3.05, 3.63) is 65.7 Å². The van der Waals surface area contributed by atoms with Crippen LogP contribution >= 0.6 is 11.6 Å². The number of nitrogens with one attached hydrogen (secondary N) is 1. The molecule has 0 aliphatic heterocycles. The fraction of sp³-hybridized carbons (Fsp3) is 0.133. The van der Waals surface area contributed by atoms with E-state index < -0.39 is 0 Å². The van der Waals surface area contributed by atoms with Crippen molar-refractivity contribution in [2.24, 2.45) is 0 Å². The first-order chi connectivity index (χ1) is 10.2. The molecule has 6 heteroatoms. The van der Waals surface area contributed by atoms with E-state index in [-0.39, 0.29) is 6.04 Å². The van der Waals surface area contributed by atoms with Crippen molar-refractivity contribution in [1.29, 1.82) is 0 Å². The molecule has 21 heavy (non-hydrogen) atoms. The molecule has 0 saturated heterocycles. The van der Waals surface area contributed by atoms with Crippen LogP contribution in [-0.2, 0) is 0 Å². The minimum absolute atomic E-state index is 0.0147. The summed E-state index contributed by atoms with van der Waals surface area (Å²) in [5.41, 5.74) is 2.74. The minimum atomic E-state index is 0.0147. The Hall–Kier alpha value is -2.40. The van der Waals surface area contributed by atoms with E-state index in [2.05, 4.69) is 20.6 Å². The fourth-order valence-corrected chi connectivity index (χ4v) is 2.17. The van der Waals surface area contributed by atoms with Crippen LogP contribution < -0.4 is 5.32 Å². The predicted molar refractivity (Wildman–Crippen MR) is 82.6 cm³/mol. The number of halogens is 1. The summed E-state index contributed by atoms with van der Waals surface area (Å²) >= 11 is 5.88.